The van der Waals surface area contributed by atoms with Crippen LogP contribution in [0.1, 0.15) is 35.4 Å². The van der Waals surface area contributed by atoms with Gasteiger partial charge in [-0.15, -0.1) is 11.3 Å². The van der Waals surface area contributed by atoms with Crippen LogP contribution in [0.4, 0.5) is 5.69 Å². The molecule has 2 aromatic rings. The highest BCUT2D eigenvalue weighted by atomic mass is 32.2. The number of nitrogens with one attached hydrogen (secondary N) is 1. The number of amides is 1. The van der Waals surface area contributed by atoms with Crippen molar-refractivity contribution in [2.45, 2.75) is 30.6 Å². The molecule has 0 spiro atoms. The van der Waals surface area contributed by atoms with E-state index in [-0.39, 0.29) is 23.5 Å². The van der Waals surface area contributed by atoms with Gasteiger partial charge < -0.3 is 10.1 Å². The van der Waals surface area contributed by atoms with E-state index < -0.39 is 28.5 Å². The molecule has 0 aliphatic carbocycles. The zero-order valence-electron chi connectivity index (χ0n) is 16.2. The molecule has 0 atom stereocenters. The number of Topliss-reactive ketones (excluding diaryl/α,β-unsaturated/α-hetero) is 1. The van der Waals surface area contributed by atoms with Crippen molar-refractivity contribution < 1.29 is 27.5 Å². The van der Waals surface area contributed by atoms with Crippen molar-refractivity contribution in [1.82, 2.24) is 4.31 Å². The molecule has 30 heavy (non-hydrogen) atoms. The summed E-state index contributed by atoms with van der Waals surface area (Å²) in [5.41, 5.74) is 0.393. The van der Waals surface area contributed by atoms with Crippen LogP contribution in [0.15, 0.2) is 46.7 Å². The predicted molar refractivity (Wildman–Crippen MR) is 112 cm³/mol. The molecule has 1 saturated heterocycles. The minimum atomic E-state index is -3.51. The number of ether oxygens (including phenoxy) is 1. The maximum absolute atomic E-state index is 12.5. The number of benzene rings is 1. The van der Waals surface area contributed by atoms with E-state index in [0.29, 0.717) is 23.7 Å². The Balaban J connectivity index is 1.43. The number of carbonyl (C=O) groups is 3. The van der Waals surface area contributed by atoms with Crippen LogP contribution in [0.3, 0.4) is 0 Å². The van der Waals surface area contributed by atoms with Gasteiger partial charge in [-0.05, 0) is 48.6 Å². The Kier molecular flexibility index (Phi) is 7.35. The molecule has 2 heterocycles. The first kappa shape index (κ1) is 22.1. The number of ketones is 1. The van der Waals surface area contributed by atoms with E-state index in [9.17, 15) is 22.8 Å². The number of hydrogen-bond acceptors (Lipinski definition) is 7. The molecule has 160 valence electrons. The van der Waals surface area contributed by atoms with Crippen molar-refractivity contribution >= 4 is 44.7 Å². The maximum atomic E-state index is 12.5. The summed E-state index contributed by atoms with van der Waals surface area (Å²) in [6.45, 7) is 0.552. The molecule has 3 rings (SSSR count). The highest BCUT2D eigenvalue weighted by Gasteiger charge is 2.26. The van der Waals surface area contributed by atoms with Gasteiger partial charge in [0.1, 0.15) is 0 Å². The molecule has 0 saturated carbocycles. The lowest BCUT2D eigenvalue weighted by Gasteiger charge is -2.15. The van der Waals surface area contributed by atoms with Crippen molar-refractivity contribution in [1.29, 1.82) is 0 Å². The zero-order chi connectivity index (χ0) is 21.6. The molecule has 1 aliphatic rings. The monoisotopic (exact) mass is 450 g/mol. The molecular formula is C20H22N2O6S2. The van der Waals surface area contributed by atoms with Crippen LogP contribution < -0.4 is 5.32 Å². The predicted octanol–water partition coefficient (Wildman–Crippen LogP) is 2.68. The van der Waals surface area contributed by atoms with Crippen LogP contribution in [0.25, 0.3) is 0 Å². The van der Waals surface area contributed by atoms with E-state index in [1.165, 1.54) is 39.9 Å². The number of anilines is 1. The van der Waals surface area contributed by atoms with Gasteiger partial charge >= 0.3 is 5.97 Å². The molecule has 10 heteroatoms. The fourth-order valence-corrected chi connectivity index (χ4v) is 5.19. The van der Waals surface area contributed by atoms with Gasteiger partial charge in [0.15, 0.2) is 12.4 Å². The summed E-state index contributed by atoms with van der Waals surface area (Å²) < 4.78 is 31.3. The van der Waals surface area contributed by atoms with Gasteiger partial charge in [0.25, 0.3) is 5.91 Å². The van der Waals surface area contributed by atoms with Gasteiger partial charge in [-0.1, -0.05) is 6.07 Å². The normalized spacial score (nSPS) is 14.4. The topological polar surface area (TPSA) is 110 Å². The van der Waals surface area contributed by atoms with E-state index in [0.717, 1.165) is 12.8 Å². The molecule has 1 N–H and O–H groups in total. The molecule has 1 aliphatic heterocycles. The van der Waals surface area contributed by atoms with Gasteiger partial charge in [0, 0.05) is 25.2 Å². The van der Waals surface area contributed by atoms with E-state index in [2.05, 4.69) is 5.32 Å². The SMILES string of the molecule is O=C(COC(=O)CCC(=O)c1cccs1)Nc1ccc(S(=O)(=O)N2CCCC2)cc1. The second-order valence-electron chi connectivity index (χ2n) is 6.74. The van der Waals surface area contributed by atoms with Gasteiger partial charge in [-0.3, -0.25) is 14.4 Å². The van der Waals surface area contributed by atoms with Gasteiger partial charge in [0.2, 0.25) is 10.0 Å². The largest absolute Gasteiger partial charge is 0.456 e. The number of esters is 1. The summed E-state index contributed by atoms with van der Waals surface area (Å²) in [6, 6.07) is 9.30. The molecule has 8 nitrogen and oxygen atoms in total. The highest BCUT2D eigenvalue weighted by Crippen LogP contribution is 2.22. The average molecular weight is 451 g/mol. The van der Waals surface area contributed by atoms with Gasteiger partial charge in [0.05, 0.1) is 16.2 Å². The Morgan fingerprint density at radius 1 is 1.03 bits per heavy atom. The summed E-state index contributed by atoms with van der Waals surface area (Å²) >= 11 is 1.31. The molecule has 1 aromatic carbocycles. The number of sulfonamides is 1. The molecule has 0 radical (unpaired) electrons. The third-order valence-electron chi connectivity index (χ3n) is 4.56. The minimum absolute atomic E-state index is 0.0217. The fourth-order valence-electron chi connectivity index (χ4n) is 2.98. The van der Waals surface area contributed by atoms with Crippen molar-refractivity contribution in [2.24, 2.45) is 0 Å². The molecule has 1 aromatic heterocycles. The van der Waals surface area contributed by atoms with Gasteiger partial charge in [-0.2, -0.15) is 4.31 Å². The van der Waals surface area contributed by atoms with Crippen molar-refractivity contribution in [2.75, 3.05) is 25.0 Å². The lowest BCUT2D eigenvalue weighted by molar-refractivity contribution is -0.147. The second kappa shape index (κ2) is 9.96. The molecular weight excluding hydrogens is 428 g/mol. The lowest BCUT2D eigenvalue weighted by atomic mass is 10.2. The van der Waals surface area contributed by atoms with Crippen LogP contribution in [-0.2, 0) is 24.3 Å². The Morgan fingerprint density at radius 2 is 1.73 bits per heavy atom. The van der Waals surface area contributed by atoms with Crippen LogP contribution in [0, 0.1) is 0 Å². The van der Waals surface area contributed by atoms with Crippen LogP contribution in [-0.4, -0.2) is 50.1 Å². The zero-order valence-corrected chi connectivity index (χ0v) is 17.8. The first-order valence-corrected chi connectivity index (χ1v) is 11.8. The minimum Gasteiger partial charge on any atom is -0.456 e. The third-order valence-corrected chi connectivity index (χ3v) is 7.38. The standard InChI is InChI=1S/C20H22N2O6S2/c23-17(18-4-3-13-29-18)9-10-20(25)28-14-19(24)21-15-5-7-16(8-6-15)30(26,27)22-11-1-2-12-22/h3-8,13H,1-2,9-12,14H2,(H,21,24). The summed E-state index contributed by atoms with van der Waals surface area (Å²) in [4.78, 5) is 36.3. The summed E-state index contributed by atoms with van der Waals surface area (Å²) in [7, 11) is -3.51. The summed E-state index contributed by atoms with van der Waals surface area (Å²) in [5, 5.41) is 4.32. The third kappa shape index (κ3) is 5.74. The lowest BCUT2D eigenvalue weighted by Crippen LogP contribution is -2.27. The summed E-state index contributed by atoms with van der Waals surface area (Å²) in [6.07, 6.45) is 1.63. The number of thiophene rings is 1. The van der Waals surface area contributed by atoms with Gasteiger partial charge in [-0.25, -0.2) is 8.42 Å². The van der Waals surface area contributed by atoms with Crippen molar-refractivity contribution in [3.63, 3.8) is 0 Å². The Hall–Kier alpha value is -2.56. The number of hydrogen-bond donors (Lipinski definition) is 1. The Morgan fingerprint density at radius 3 is 2.37 bits per heavy atom. The van der Waals surface area contributed by atoms with Crippen molar-refractivity contribution in [3.8, 4) is 0 Å². The average Bonchev–Trinajstić information content (AvgIpc) is 3.45. The Labute approximate surface area is 178 Å². The quantitative estimate of drug-likeness (QED) is 0.465. The van der Waals surface area contributed by atoms with Crippen LogP contribution in [0.5, 0.6) is 0 Å². The van der Waals surface area contributed by atoms with E-state index in [1.807, 2.05) is 0 Å². The summed E-state index contributed by atoms with van der Waals surface area (Å²) in [5.74, 6) is -1.33. The van der Waals surface area contributed by atoms with Crippen molar-refractivity contribution in [3.05, 3.63) is 46.7 Å². The number of carbonyl (C=O) groups excluding carboxylic acids is 3. The molecule has 1 amide bonds. The smallest absolute Gasteiger partial charge is 0.306 e. The first-order valence-electron chi connectivity index (χ1n) is 9.48. The number of rotatable bonds is 9. The Bertz CT molecular complexity index is 994. The molecule has 0 bridgehead atoms. The second-order valence-corrected chi connectivity index (χ2v) is 9.63. The number of nitrogens with zero attached hydrogens (tertiary/aromatic N) is 1. The fraction of sp³-hybridized carbons (Fsp3) is 0.350. The first-order chi connectivity index (χ1) is 14.4. The molecule has 1 fully saturated rings. The maximum Gasteiger partial charge on any atom is 0.306 e. The van der Waals surface area contributed by atoms with E-state index in [4.69, 9.17) is 4.74 Å². The highest BCUT2D eigenvalue weighted by molar-refractivity contribution is 7.89. The van der Waals surface area contributed by atoms with E-state index >= 15 is 0 Å². The van der Waals surface area contributed by atoms with E-state index in [1.54, 1.807) is 17.5 Å². The van der Waals surface area contributed by atoms with Crippen LogP contribution in [0.2, 0.25) is 0 Å². The molecule has 0 unspecified atom stereocenters. The van der Waals surface area contributed by atoms with Crippen LogP contribution >= 0.6 is 11.3 Å².